The van der Waals surface area contributed by atoms with Gasteiger partial charge in [0.25, 0.3) is 0 Å². The third kappa shape index (κ3) is 2.68. The van der Waals surface area contributed by atoms with E-state index in [4.69, 9.17) is 11.6 Å². The summed E-state index contributed by atoms with van der Waals surface area (Å²) >= 11 is 6.24. The second-order valence-electron chi connectivity index (χ2n) is 5.64. The number of halogens is 1. The van der Waals surface area contributed by atoms with Crippen molar-refractivity contribution < 1.29 is 0 Å². The number of fused-ring (bicyclic) bond motifs is 1. The zero-order valence-corrected chi connectivity index (χ0v) is 13.4. The number of anilines is 2. The first-order valence-electron chi connectivity index (χ1n) is 7.50. The monoisotopic (exact) mass is 329 g/mol. The molecule has 118 valence electrons. The Hall–Kier alpha value is -2.41. The van der Waals surface area contributed by atoms with E-state index >= 15 is 0 Å². The van der Waals surface area contributed by atoms with Gasteiger partial charge in [-0.05, 0) is 25.5 Å². The van der Waals surface area contributed by atoms with E-state index < -0.39 is 0 Å². The Bertz CT molecular complexity index is 847. The van der Waals surface area contributed by atoms with Crippen molar-refractivity contribution in [2.24, 2.45) is 0 Å². The molecule has 1 saturated heterocycles. The third-order valence-corrected chi connectivity index (χ3v) is 4.28. The normalized spacial score (nSPS) is 17.8. The number of H-pyrrole nitrogens is 1. The second-order valence-corrected chi connectivity index (χ2v) is 6.04. The summed E-state index contributed by atoms with van der Waals surface area (Å²) < 4.78 is 0. The van der Waals surface area contributed by atoms with Gasteiger partial charge in [-0.2, -0.15) is 5.10 Å². The molecule has 4 rings (SSSR count). The molecule has 1 aliphatic heterocycles. The highest BCUT2D eigenvalue weighted by molar-refractivity contribution is 6.32. The first-order valence-corrected chi connectivity index (χ1v) is 7.88. The highest BCUT2D eigenvalue weighted by Crippen LogP contribution is 2.27. The molecule has 0 bridgehead atoms. The van der Waals surface area contributed by atoms with Crippen LogP contribution in [0.5, 0.6) is 0 Å². The minimum Gasteiger partial charge on any atom is -0.365 e. The average Bonchev–Trinajstić information content (AvgIpc) is 3.17. The average molecular weight is 330 g/mol. The van der Waals surface area contributed by atoms with Crippen molar-refractivity contribution in [3.63, 3.8) is 0 Å². The molecule has 0 aliphatic carbocycles. The van der Waals surface area contributed by atoms with Crippen LogP contribution in [0.25, 0.3) is 11.0 Å². The summed E-state index contributed by atoms with van der Waals surface area (Å²) in [7, 11) is 0. The standard InChI is InChI=1S/C15H16ClN7/c1-9-19-13(11-7-18-22-14(11)20-9)21-10-4-6-23(8-10)15-12(16)3-2-5-17-15/h2-3,5,7,10H,4,6,8H2,1H3,(H2,18,19,20,21,22). The lowest BCUT2D eigenvalue weighted by atomic mass is 10.2. The third-order valence-electron chi connectivity index (χ3n) is 3.99. The SMILES string of the molecule is Cc1nc(NC2CCN(c3ncccc3Cl)C2)c2cn[nH]c2n1. The van der Waals surface area contributed by atoms with Crippen molar-refractivity contribution in [3.05, 3.63) is 35.4 Å². The first-order chi connectivity index (χ1) is 11.2. The van der Waals surface area contributed by atoms with Crippen LogP contribution >= 0.6 is 11.6 Å². The lowest BCUT2D eigenvalue weighted by Gasteiger charge is -2.19. The minimum absolute atomic E-state index is 0.278. The van der Waals surface area contributed by atoms with Crippen LogP contribution in [0.4, 0.5) is 11.6 Å². The first kappa shape index (κ1) is 14.2. The van der Waals surface area contributed by atoms with Crippen molar-refractivity contribution in [3.8, 4) is 0 Å². The van der Waals surface area contributed by atoms with E-state index in [0.29, 0.717) is 10.8 Å². The molecule has 0 spiro atoms. The Balaban J connectivity index is 1.54. The minimum atomic E-state index is 0.278. The molecule has 1 atom stereocenters. The largest absolute Gasteiger partial charge is 0.365 e. The number of aryl methyl sites for hydroxylation is 1. The molecule has 1 fully saturated rings. The lowest BCUT2D eigenvalue weighted by molar-refractivity contribution is 0.799. The lowest BCUT2D eigenvalue weighted by Crippen LogP contribution is -2.27. The predicted molar refractivity (Wildman–Crippen MR) is 89.9 cm³/mol. The van der Waals surface area contributed by atoms with E-state index in [2.05, 4.69) is 35.4 Å². The molecule has 2 N–H and O–H groups in total. The zero-order chi connectivity index (χ0) is 15.8. The Morgan fingerprint density at radius 3 is 3.17 bits per heavy atom. The fourth-order valence-electron chi connectivity index (χ4n) is 2.93. The van der Waals surface area contributed by atoms with Gasteiger partial charge in [-0.25, -0.2) is 15.0 Å². The molecule has 23 heavy (non-hydrogen) atoms. The maximum absolute atomic E-state index is 6.24. The van der Waals surface area contributed by atoms with Crippen LogP contribution in [0, 0.1) is 6.92 Å². The van der Waals surface area contributed by atoms with E-state index in [0.717, 1.165) is 42.2 Å². The van der Waals surface area contributed by atoms with E-state index in [1.807, 2.05) is 19.1 Å². The van der Waals surface area contributed by atoms with Crippen LogP contribution in [0.15, 0.2) is 24.5 Å². The van der Waals surface area contributed by atoms with Crippen LogP contribution in [-0.4, -0.2) is 44.3 Å². The van der Waals surface area contributed by atoms with Gasteiger partial charge in [0.1, 0.15) is 17.5 Å². The zero-order valence-electron chi connectivity index (χ0n) is 12.6. The summed E-state index contributed by atoms with van der Waals surface area (Å²) in [5.74, 6) is 2.37. The fraction of sp³-hybridized carbons (Fsp3) is 0.333. The van der Waals surface area contributed by atoms with Crippen LogP contribution in [0.1, 0.15) is 12.2 Å². The molecule has 0 aromatic carbocycles. The highest BCUT2D eigenvalue weighted by Gasteiger charge is 2.25. The Kier molecular flexibility index (Phi) is 3.49. The van der Waals surface area contributed by atoms with Gasteiger partial charge in [-0.15, -0.1) is 0 Å². The maximum atomic E-state index is 6.24. The molecule has 8 heteroatoms. The van der Waals surface area contributed by atoms with Crippen LogP contribution in [0.3, 0.4) is 0 Å². The molecule has 3 aromatic heterocycles. The number of hydrogen-bond acceptors (Lipinski definition) is 6. The number of aromatic amines is 1. The quantitative estimate of drug-likeness (QED) is 0.767. The molecule has 7 nitrogen and oxygen atoms in total. The summed E-state index contributed by atoms with van der Waals surface area (Å²) in [4.78, 5) is 15.4. The van der Waals surface area contributed by atoms with E-state index in [1.54, 1.807) is 12.4 Å². The summed E-state index contributed by atoms with van der Waals surface area (Å²) in [5.41, 5.74) is 0.752. The number of nitrogens with zero attached hydrogens (tertiary/aromatic N) is 5. The van der Waals surface area contributed by atoms with E-state index in [1.165, 1.54) is 0 Å². The van der Waals surface area contributed by atoms with Gasteiger partial charge >= 0.3 is 0 Å². The van der Waals surface area contributed by atoms with Gasteiger partial charge in [0.05, 0.1) is 16.6 Å². The number of pyridine rings is 1. The van der Waals surface area contributed by atoms with Gasteiger partial charge in [-0.3, -0.25) is 5.10 Å². The van der Waals surface area contributed by atoms with Crippen molar-refractivity contribution in [1.29, 1.82) is 0 Å². The second kappa shape index (κ2) is 5.66. The Morgan fingerprint density at radius 1 is 1.39 bits per heavy atom. The van der Waals surface area contributed by atoms with Crippen molar-refractivity contribution in [2.45, 2.75) is 19.4 Å². The molecular formula is C15H16ClN7. The Morgan fingerprint density at radius 2 is 2.30 bits per heavy atom. The van der Waals surface area contributed by atoms with Crippen LogP contribution < -0.4 is 10.2 Å². The van der Waals surface area contributed by atoms with E-state index in [-0.39, 0.29) is 6.04 Å². The number of aromatic nitrogens is 5. The summed E-state index contributed by atoms with van der Waals surface area (Å²) in [5, 5.41) is 12.0. The van der Waals surface area contributed by atoms with Crippen molar-refractivity contribution in [1.82, 2.24) is 25.1 Å². The van der Waals surface area contributed by atoms with Crippen molar-refractivity contribution >= 4 is 34.3 Å². The number of hydrogen-bond donors (Lipinski definition) is 2. The summed E-state index contributed by atoms with van der Waals surface area (Å²) in [6.45, 7) is 3.62. The molecule has 1 aliphatic rings. The molecule has 4 heterocycles. The molecular weight excluding hydrogens is 314 g/mol. The fourth-order valence-corrected chi connectivity index (χ4v) is 3.17. The van der Waals surface area contributed by atoms with Crippen molar-refractivity contribution in [2.75, 3.05) is 23.3 Å². The maximum Gasteiger partial charge on any atom is 0.161 e. The van der Waals surface area contributed by atoms with Crippen LogP contribution in [0.2, 0.25) is 5.02 Å². The van der Waals surface area contributed by atoms with Gasteiger partial charge < -0.3 is 10.2 Å². The molecule has 1 unspecified atom stereocenters. The topological polar surface area (TPSA) is 82.6 Å². The predicted octanol–water partition coefficient (Wildman–Crippen LogP) is 2.40. The summed E-state index contributed by atoms with van der Waals surface area (Å²) in [6.07, 6.45) is 4.51. The molecule has 0 saturated carbocycles. The highest BCUT2D eigenvalue weighted by atomic mass is 35.5. The van der Waals surface area contributed by atoms with Gasteiger partial charge in [-0.1, -0.05) is 11.6 Å². The molecule has 3 aromatic rings. The number of rotatable bonds is 3. The molecule has 0 radical (unpaired) electrons. The number of nitrogens with one attached hydrogen (secondary N) is 2. The smallest absolute Gasteiger partial charge is 0.161 e. The summed E-state index contributed by atoms with van der Waals surface area (Å²) in [6, 6.07) is 3.99. The molecule has 0 amide bonds. The Labute approximate surface area is 138 Å². The van der Waals surface area contributed by atoms with E-state index in [9.17, 15) is 0 Å². The van der Waals surface area contributed by atoms with Crippen LogP contribution in [-0.2, 0) is 0 Å². The van der Waals surface area contributed by atoms with Gasteiger partial charge in [0.2, 0.25) is 0 Å². The van der Waals surface area contributed by atoms with Gasteiger partial charge in [0.15, 0.2) is 5.65 Å². The van der Waals surface area contributed by atoms with Gasteiger partial charge in [0, 0.05) is 25.3 Å².